The molecule has 18 heavy (non-hydrogen) atoms. The number of nitrogens with zero attached hydrogens (tertiary/aromatic N) is 1. The zero-order chi connectivity index (χ0) is 12.8. The molecule has 4 heteroatoms. The lowest BCUT2D eigenvalue weighted by atomic mass is 10.1. The molecule has 0 aliphatic heterocycles. The quantitative estimate of drug-likeness (QED) is 0.883. The molecule has 1 unspecified atom stereocenters. The van der Waals surface area contributed by atoms with Gasteiger partial charge in [0.25, 0.3) is 0 Å². The predicted molar refractivity (Wildman–Crippen MR) is 65.7 cm³/mol. The summed E-state index contributed by atoms with van der Waals surface area (Å²) in [5, 5.41) is 9.84. The number of benzene rings is 1. The van der Waals surface area contributed by atoms with Crippen molar-refractivity contribution in [1.82, 2.24) is 4.98 Å². The third kappa shape index (κ3) is 3.53. The lowest BCUT2D eigenvalue weighted by Gasteiger charge is -2.11. The topological polar surface area (TPSA) is 42.4 Å². The number of para-hydroxylation sites is 1. The smallest absolute Gasteiger partial charge is 0.141 e. The van der Waals surface area contributed by atoms with Crippen LogP contribution < -0.4 is 4.74 Å². The number of ether oxygens (including phenoxy) is 1. The molecule has 94 valence electrons. The number of hydrogen-bond donors (Lipinski definition) is 1. The molecule has 0 saturated heterocycles. The Morgan fingerprint density at radius 2 is 2.00 bits per heavy atom. The van der Waals surface area contributed by atoms with E-state index in [-0.39, 0.29) is 0 Å². The summed E-state index contributed by atoms with van der Waals surface area (Å²) < 4.78 is 18.4. The molecule has 0 bridgehead atoms. The lowest BCUT2D eigenvalue weighted by molar-refractivity contribution is 0.140. The number of pyridine rings is 1. The SMILES string of the molecule is OC(CCOc1ccccc1)c1cncc(F)c1. The number of aromatic nitrogens is 1. The van der Waals surface area contributed by atoms with Crippen molar-refractivity contribution >= 4 is 0 Å². The first kappa shape index (κ1) is 12.5. The predicted octanol–water partition coefficient (Wildman–Crippen LogP) is 2.72. The van der Waals surface area contributed by atoms with Crippen LogP contribution in [-0.2, 0) is 0 Å². The highest BCUT2D eigenvalue weighted by atomic mass is 19.1. The first-order valence-electron chi connectivity index (χ1n) is 5.72. The summed E-state index contributed by atoms with van der Waals surface area (Å²) in [6, 6.07) is 10.6. The van der Waals surface area contributed by atoms with E-state index in [9.17, 15) is 9.50 Å². The van der Waals surface area contributed by atoms with Gasteiger partial charge in [0.1, 0.15) is 11.6 Å². The maximum atomic E-state index is 12.9. The van der Waals surface area contributed by atoms with E-state index >= 15 is 0 Å². The van der Waals surface area contributed by atoms with Crippen LogP contribution in [0.15, 0.2) is 48.8 Å². The second-order valence-electron chi connectivity index (χ2n) is 3.90. The van der Waals surface area contributed by atoms with Gasteiger partial charge in [-0.2, -0.15) is 0 Å². The lowest BCUT2D eigenvalue weighted by Crippen LogP contribution is -2.06. The van der Waals surface area contributed by atoms with Gasteiger partial charge in [-0.15, -0.1) is 0 Å². The van der Waals surface area contributed by atoms with Crippen molar-refractivity contribution in [2.24, 2.45) is 0 Å². The van der Waals surface area contributed by atoms with E-state index < -0.39 is 11.9 Å². The molecule has 0 aliphatic carbocycles. The summed E-state index contributed by atoms with van der Waals surface area (Å²) in [6.07, 6.45) is 2.18. The van der Waals surface area contributed by atoms with Crippen molar-refractivity contribution in [3.8, 4) is 5.75 Å². The van der Waals surface area contributed by atoms with Crippen molar-refractivity contribution in [3.63, 3.8) is 0 Å². The molecular weight excluding hydrogens is 233 g/mol. The Bertz CT molecular complexity index is 490. The Morgan fingerprint density at radius 3 is 2.72 bits per heavy atom. The van der Waals surface area contributed by atoms with Crippen LogP contribution in [0.3, 0.4) is 0 Å². The highest BCUT2D eigenvalue weighted by molar-refractivity contribution is 5.21. The molecule has 1 aromatic carbocycles. The van der Waals surface area contributed by atoms with E-state index in [1.807, 2.05) is 30.3 Å². The summed E-state index contributed by atoms with van der Waals surface area (Å²) in [5.74, 6) is 0.303. The minimum absolute atomic E-state index is 0.363. The molecule has 2 rings (SSSR count). The van der Waals surface area contributed by atoms with Crippen LogP contribution in [0.4, 0.5) is 4.39 Å². The van der Waals surface area contributed by atoms with Gasteiger partial charge in [-0.3, -0.25) is 4.98 Å². The molecule has 0 amide bonds. The standard InChI is InChI=1S/C14H14FNO2/c15-12-8-11(9-16-10-12)14(17)6-7-18-13-4-2-1-3-5-13/h1-5,8-10,14,17H,6-7H2. The molecule has 0 saturated carbocycles. The molecule has 1 heterocycles. The van der Waals surface area contributed by atoms with Gasteiger partial charge in [0, 0.05) is 18.2 Å². The average molecular weight is 247 g/mol. The summed E-state index contributed by atoms with van der Waals surface area (Å²) in [5.41, 5.74) is 0.465. The van der Waals surface area contributed by atoms with Gasteiger partial charge >= 0.3 is 0 Å². The van der Waals surface area contributed by atoms with Crippen molar-refractivity contribution in [3.05, 3.63) is 60.2 Å². The number of halogens is 1. The van der Waals surface area contributed by atoms with Crippen molar-refractivity contribution in [2.45, 2.75) is 12.5 Å². The monoisotopic (exact) mass is 247 g/mol. The van der Waals surface area contributed by atoms with E-state index in [0.717, 1.165) is 11.9 Å². The highest BCUT2D eigenvalue weighted by Gasteiger charge is 2.09. The second kappa shape index (κ2) is 6.12. The average Bonchev–Trinajstić information content (AvgIpc) is 2.40. The second-order valence-corrected chi connectivity index (χ2v) is 3.90. The maximum Gasteiger partial charge on any atom is 0.141 e. The van der Waals surface area contributed by atoms with Crippen LogP contribution in [0.1, 0.15) is 18.1 Å². The van der Waals surface area contributed by atoms with Gasteiger partial charge in [0.15, 0.2) is 0 Å². The normalized spacial score (nSPS) is 12.1. The van der Waals surface area contributed by atoms with E-state index in [4.69, 9.17) is 4.74 Å². The Labute approximate surface area is 105 Å². The Morgan fingerprint density at radius 1 is 1.22 bits per heavy atom. The van der Waals surface area contributed by atoms with Gasteiger partial charge in [-0.05, 0) is 18.2 Å². The largest absolute Gasteiger partial charge is 0.493 e. The fourth-order valence-electron chi connectivity index (χ4n) is 1.58. The third-order valence-corrected chi connectivity index (χ3v) is 2.51. The van der Waals surface area contributed by atoms with Crippen LogP contribution in [0.5, 0.6) is 5.75 Å². The maximum absolute atomic E-state index is 12.9. The molecule has 0 aliphatic rings. The molecule has 1 N–H and O–H groups in total. The number of aliphatic hydroxyl groups is 1. The zero-order valence-electron chi connectivity index (χ0n) is 9.79. The molecule has 3 nitrogen and oxygen atoms in total. The summed E-state index contributed by atoms with van der Waals surface area (Å²) in [4.78, 5) is 3.70. The van der Waals surface area contributed by atoms with Crippen molar-refractivity contribution in [2.75, 3.05) is 6.61 Å². The summed E-state index contributed by atoms with van der Waals surface area (Å²) in [6.45, 7) is 0.363. The fourth-order valence-corrected chi connectivity index (χ4v) is 1.58. The first-order valence-corrected chi connectivity index (χ1v) is 5.72. The number of rotatable bonds is 5. The summed E-state index contributed by atoms with van der Waals surface area (Å²) in [7, 11) is 0. The minimum atomic E-state index is -0.767. The Kier molecular flexibility index (Phi) is 4.25. The van der Waals surface area contributed by atoms with Gasteiger partial charge < -0.3 is 9.84 Å². The molecule has 1 aromatic heterocycles. The Hall–Kier alpha value is -1.94. The Balaban J connectivity index is 1.83. The van der Waals surface area contributed by atoms with E-state index in [1.54, 1.807) is 0 Å². The van der Waals surface area contributed by atoms with Crippen molar-refractivity contribution in [1.29, 1.82) is 0 Å². The number of aliphatic hydroxyl groups excluding tert-OH is 1. The van der Waals surface area contributed by atoms with E-state index in [2.05, 4.69) is 4.98 Å². The molecule has 2 aromatic rings. The van der Waals surface area contributed by atoms with E-state index in [1.165, 1.54) is 12.3 Å². The van der Waals surface area contributed by atoms with Gasteiger partial charge in [0.2, 0.25) is 0 Å². The fraction of sp³-hybridized carbons (Fsp3) is 0.214. The first-order chi connectivity index (χ1) is 8.75. The van der Waals surface area contributed by atoms with Crippen LogP contribution in [0, 0.1) is 5.82 Å². The van der Waals surface area contributed by atoms with Crippen LogP contribution in [0.2, 0.25) is 0 Å². The van der Waals surface area contributed by atoms with Crippen LogP contribution in [-0.4, -0.2) is 16.7 Å². The van der Waals surface area contributed by atoms with E-state index in [0.29, 0.717) is 18.6 Å². The molecule has 0 fully saturated rings. The van der Waals surface area contributed by atoms with Gasteiger partial charge in [0.05, 0.1) is 18.9 Å². The molecule has 0 radical (unpaired) electrons. The van der Waals surface area contributed by atoms with Crippen molar-refractivity contribution < 1.29 is 14.2 Å². The van der Waals surface area contributed by atoms with Gasteiger partial charge in [-0.1, -0.05) is 18.2 Å². The molecular formula is C14H14FNO2. The van der Waals surface area contributed by atoms with Gasteiger partial charge in [-0.25, -0.2) is 4.39 Å². The minimum Gasteiger partial charge on any atom is -0.493 e. The molecule has 0 spiro atoms. The van der Waals surface area contributed by atoms with Crippen LogP contribution in [0.25, 0.3) is 0 Å². The third-order valence-electron chi connectivity index (χ3n) is 2.51. The highest BCUT2D eigenvalue weighted by Crippen LogP contribution is 2.17. The zero-order valence-corrected chi connectivity index (χ0v) is 9.79. The van der Waals surface area contributed by atoms with Crippen LogP contribution >= 0.6 is 0 Å². The molecule has 1 atom stereocenters. The summed E-state index contributed by atoms with van der Waals surface area (Å²) >= 11 is 0. The number of hydrogen-bond acceptors (Lipinski definition) is 3.